The lowest BCUT2D eigenvalue weighted by Gasteiger charge is -2.25. The molecule has 6 heteroatoms. The van der Waals surface area contributed by atoms with Gasteiger partial charge >= 0.3 is 0 Å². The van der Waals surface area contributed by atoms with Crippen LogP contribution in [0.4, 0.5) is 0 Å². The average Bonchev–Trinajstić information content (AvgIpc) is 2.56. The van der Waals surface area contributed by atoms with Crippen LogP contribution in [0.3, 0.4) is 0 Å². The minimum Gasteiger partial charge on any atom is -0.376 e. The van der Waals surface area contributed by atoms with Crippen molar-refractivity contribution in [2.45, 2.75) is 12.2 Å². The van der Waals surface area contributed by atoms with Crippen LogP contribution in [0.1, 0.15) is 29.2 Å². The Morgan fingerprint density at radius 2 is 1.50 bits per heavy atom. The molecule has 1 aromatic heterocycles. The SMILES string of the molecule is N#Cc1cc(C2COCCO2)nc(C2COCCO2)c1. The Hall–Kier alpha value is -1.52. The molecule has 2 aliphatic heterocycles. The third kappa shape index (κ3) is 2.97. The van der Waals surface area contributed by atoms with E-state index in [9.17, 15) is 0 Å². The molecule has 1 aromatic rings. The summed E-state index contributed by atoms with van der Waals surface area (Å²) in [6, 6.07) is 5.64. The van der Waals surface area contributed by atoms with Gasteiger partial charge in [-0.25, -0.2) is 0 Å². The van der Waals surface area contributed by atoms with E-state index in [4.69, 9.17) is 24.2 Å². The van der Waals surface area contributed by atoms with Gasteiger partial charge in [-0.15, -0.1) is 0 Å². The summed E-state index contributed by atoms with van der Waals surface area (Å²) in [5, 5.41) is 9.16. The van der Waals surface area contributed by atoms with Crippen LogP contribution in [-0.4, -0.2) is 44.6 Å². The average molecular weight is 276 g/mol. The van der Waals surface area contributed by atoms with Crippen LogP contribution in [0.15, 0.2) is 12.1 Å². The molecular formula is C14H16N2O4. The number of hydrogen-bond donors (Lipinski definition) is 0. The lowest BCUT2D eigenvalue weighted by molar-refractivity contribution is -0.0962. The topological polar surface area (TPSA) is 73.6 Å². The van der Waals surface area contributed by atoms with E-state index in [1.54, 1.807) is 12.1 Å². The molecule has 2 fully saturated rings. The van der Waals surface area contributed by atoms with Gasteiger partial charge in [-0.2, -0.15) is 5.26 Å². The van der Waals surface area contributed by atoms with Crippen LogP contribution < -0.4 is 0 Å². The summed E-state index contributed by atoms with van der Waals surface area (Å²) in [7, 11) is 0. The van der Waals surface area contributed by atoms with E-state index in [2.05, 4.69) is 11.1 Å². The number of hydrogen-bond acceptors (Lipinski definition) is 6. The van der Waals surface area contributed by atoms with E-state index >= 15 is 0 Å². The van der Waals surface area contributed by atoms with Gasteiger partial charge in [0.25, 0.3) is 0 Å². The van der Waals surface area contributed by atoms with Crippen molar-refractivity contribution in [2.24, 2.45) is 0 Å². The first-order valence-electron chi connectivity index (χ1n) is 6.67. The van der Waals surface area contributed by atoms with Crippen molar-refractivity contribution in [1.82, 2.24) is 4.98 Å². The highest BCUT2D eigenvalue weighted by atomic mass is 16.6. The highest BCUT2D eigenvalue weighted by Crippen LogP contribution is 2.25. The number of ether oxygens (including phenoxy) is 4. The summed E-state index contributed by atoms with van der Waals surface area (Å²) in [5.74, 6) is 0. The van der Waals surface area contributed by atoms with Gasteiger partial charge in [0.2, 0.25) is 0 Å². The van der Waals surface area contributed by atoms with Crippen molar-refractivity contribution in [3.63, 3.8) is 0 Å². The van der Waals surface area contributed by atoms with E-state index in [1.165, 1.54) is 0 Å². The lowest BCUT2D eigenvalue weighted by Crippen LogP contribution is -2.25. The molecule has 20 heavy (non-hydrogen) atoms. The summed E-state index contributed by atoms with van der Waals surface area (Å²) in [6.45, 7) is 3.21. The fourth-order valence-electron chi connectivity index (χ4n) is 2.29. The predicted octanol–water partition coefficient (Wildman–Crippen LogP) is 1.13. The second-order valence-corrected chi connectivity index (χ2v) is 4.69. The maximum Gasteiger partial charge on any atom is 0.123 e. The molecule has 0 saturated carbocycles. The van der Waals surface area contributed by atoms with Crippen molar-refractivity contribution < 1.29 is 18.9 Å². The van der Waals surface area contributed by atoms with Gasteiger partial charge in [-0.1, -0.05) is 0 Å². The van der Waals surface area contributed by atoms with Crippen molar-refractivity contribution in [3.05, 3.63) is 29.1 Å². The predicted molar refractivity (Wildman–Crippen MR) is 68.0 cm³/mol. The van der Waals surface area contributed by atoms with Crippen LogP contribution in [0.25, 0.3) is 0 Å². The van der Waals surface area contributed by atoms with Crippen LogP contribution in [0, 0.1) is 11.3 Å². The quantitative estimate of drug-likeness (QED) is 0.806. The summed E-state index contributed by atoms with van der Waals surface area (Å²) >= 11 is 0. The number of aromatic nitrogens is 1. The van der Waals surface area contributed by atoms with E-state index < -0.39 is 0 Å². The van der Waals surface area contributed by atoms with E-state index in [1.807, 2.05) is 0 Å². The van der Waals surface area contributed by atoms with Gasteiger partial charge in [-0.3, -0.25) is 4.98 Å². The Morgan fingerprint density at radius 3 is 1.90 bits per heavy atom. The van der Waals surface area contributed by atoms with E-state index in [0.717, 1.165) is 0 Å². The molecule has 0 bridgehead atoms. The molecule has 0 aliphatic carbocycles. The number of pyridine rings is 1. The van der Waals surface area contributed by atoms with Gasteiger partial charge in [0.1, 0.15) is 12.2 Å². The first kappa shape index (κ1) is 13.5. The molecule has 0 amide bonds. The summed E-state index contributed by atoms with van der Waals surface area (Å²) in [5.41, 5.74) is 1.98. The normalized spacial score (nSPS) is 26.9. The standard InChI is InChI=1S/C14H16N2O4/c15-7-10-5-11(13-8-17-1-3-19-13)16-12(6-10)14-9-18-2-4-20-14/h5-6,13-14H,1-4,8-9H2. The van der Waals surface area contributed by atoms with Crippen molar-refractivity contribution in [1.29, 1.82) is 5.26 Å². The van der Waals surface area contributed by atoms with Crippen molar-refractivity contribution >= 4 is 0 Å². The fraction of sp³-hybridized carbons (Fsp3) is 0.571. The zero-order valence-corrected chi connectivity index (χ0v) is 11.1. The first-order chi connectivity index (χ1) is 9.86. The maximum absolute atomic E-state index is 9.16. The van der Waals surface area contributed by atoms with Crippen molar-refractivity contribution in [2.75, 3.05) is 39.6 Å². The second kappa shape index (κ2) is 6.29. The highest BCUT2D eigenvalue weighted by molar-refractivity contribution is 5.33. The molecule has 6 nitrogen and oxygen atoms in total. The molecule has 3 rings (SSSR count). The third-order valence-electron chi connectivity index (χ3n) is 3.29. The Labute approximate surface area is 117 Å². The molecule has 0 spiro atoms. The Bertz CT molecular complexity index is 466. The molecule has 3 heterocycles. The van der Waals surface area contributed by atoms with Crippen LogP contribution in [0.5, 0.6) is 0 Å². The van der Waals surface area contributed by atoms with Crippen LogP contribution >= 0.6 is 0 Å². The smallest absolute Gasteiger partial charge is 0.123 e. The monoisotopic (exact) mass is 276 g/mol. The third-order valence-corrected chi connectivity index (χ3v) is 3.29. The van der Waals surface area contributed by atoms with Gasteiger partial charge in [0.05, 0.1) is 62.7 Å². The van der Waals surface area contributed by atoms with Crippen LogP contribution in [-0.2, 0) is 18.9 Å². The lowest BCUT2D eigenvalue weighted by atomic mass is 10.1. The van der Waals surface area contributed by atoms with Gasteiger partial charge < -0.3 is 18.9 Å². The van der Waals surface area contributed by atoms with Gasteiger partial charge in [-0.05, 0) is 12.1 Å². The zero-order valence-electron chi connectivity index (χ0n) is 11.1. The molecule has 2 aliphatic rings. The molecule has 0 N–H and O–H groups in total. The maximum atomic E-state index is 9.16. The van der Waals surface area contributed by atoms with Crippen molar-refractivity contribution in [3.8, 4) is 6.07 Å². The summed E-state index contributed by atoms with van der Waals surface area (Å²) < 4.78 is 22.1. The number of nitrogens with zero attached hydrogens (tertiary/aromatic N) is 2. The molecule has 106 valence electrons. The fourth-order valence-corrected chi connectivity index (χ4v) is 2.29. The van der Waals surface area contributed by atoms with Gasteiger partial charge in [0, 0.05) is 0 Å². The zero-order chi connectivity index (χ0) is 13.8. The molecule has 2 saturated heterocycles. The highest BCUT2D eigenvalue weighted by Gasteiger charge is 2.23. The minimum atomic E-state index is -0.222. The summed E-state index contributed by atoms with van der Waals surface area (Å²) in [4.78, 5) is 4.57. The molecule has 2 atom stereocenters. The summed E-state index contributed by atoms with van der Waals surface area (Å²) in [6.07, 6.45) is -0.444. The van der Waals surface area contributed by atoms with E-state index in [-0.39, 0.29) is 12.2 Å². The Balaban J connectivity index is 1.87. The first-order valence-corrected chi connectivity index (χ1v) is 6.67. The van der Waals surface area contributed by atoms with Gasteiger partial charge in [0.15, 0.2) is 0 Å². The molecular weight excluding hydrogens is 260 g/mol. The number of nitriles is 1. The Morgan fingerprint density at radius 1 is 0.950 bits per heavy atom. The second-order valence-electron chi connectivity index (χ2n) is 4.69. The molecule has 0 radical (unpaired) electrons. The Kier molecular flexibility index (Phi) is 4.23. The molecule has 2 unspecified atom stereocenters. The van der Waals surface area contributed by atoms with E-state index in [0.29, 0.717) is 56.6 Å². The number of rotatable bonds is 2. The molecule has 0 aromatic carbocycles. The minimum absolute atomic E-state index is 0.222. The largest absolute Gasteiger partial charge is 0.376 e. The van der Waals surface area contributed by atoms with Crippen LogP contribution in [0.2, 0.25) is 0 Å².